The fraction of sp³-hybridized carbons (Fsp3) is 0.550. The molecule has 0 spiro atoms. The van der Waals surface area contributed by atoms with Gasteiger partial charge in [0.2, 0.25) is 0 Å². The van der Waals surface area contributed by atoms with E-state index in [9.17, 15) is 4.79 Å². The number of rotatable bonds is 4. The van der Waals surface area contributed by atoms with Gasteiger partial charge in [-0.05, 0) is 24.8 Å². The maximum absolute atomic E-state index is 13.4. The molecule has 1 aliphatic rings. The lowest BCUT2D eigenvalue weighted by atomic mass is 10.1. The summed E-state index contributed by atoms with van der Waals surface area (Å²) < 4.78 is 8.95. The van der Waals surface area contributed by atoms with Crippen LogP contribution >= 0.6 is 0 Å². The maximum atomic E-state index is 13.4. The Bertz CT molecular complexity index is 1000. The summed E-state index contributed by atoms with van der Waals surface area (Å²) in [4.78, 5) is 19.8. The smallest absolute Gasteiger partial charge is 0.274 e. The van der Waals surface area contributed by atoms with Gasteiger partial charge in [0.25, 0.3) is 11.8 Å². The largest absolute Gasteiger partial charge is 0.334 e. The molecule has 0 bridgehead atoms. The maximum Gasteiger partial charge on any atom is 0.274 e. The number of aromatic nitrogens is 6. The summed E-state index contributed by atoms with van der Waals surface area (Å²) in [7, 11) is 3.72. The van der Waals surface area contributed by atoms with Gasteiger partial charge in [-0.25, -0.2) is 0 Å². The number of hydrogen-bond donors (Lipinski definition) is 0. The zero-order valence-electron chi connectivity index (χ0n) is 17.4. The van der Waals surface area contributed by atoms with Gasteiger partial charge in [-0.1, -0.05) is 31.8 Å². The summed E-state index contributed by atoms with van der Waals surface area (Å²) in [6, 6.07) is 1.68. The van der Waals surface area contributed by atoms with Crippen molar-refractivity contribution in [2.75, 3.05) is 6.54 Å². The van der Waals surface area contributed by atoms with Gasteiger partial charge in [0.1, 0.15) is 0 Å². The number of hydrogen-bond acceptors (Lipinski definition) is 6. The first-order valence-electron chi connectivity index (χ1n) is 10.1. The molecule has 1 aliphatic heterocycles. The molecule has 3 aromatic rings. The zero-order valence-corrected chi connectivity index (χ0v) is 17.4. The third kappa shape index (κ3) is 3.81. The van der Waals surface area contributed by atoms with Gasteiger partial charge in [-0.3, -0.25) is 14.2 Å². The van der Waals surface area contributed by atoms with Crippen molar-refractivity contribution in [2.24, 2.45) is 14.1 Å². The molecule has 154 valence electrons. The summed E-state index contributed by atoms with van der Waals surface area (Å²) in [5.41, 5.74) is 2.28. The van der Waals surface area contributed by atoms with E-state index in [0.29, 0.717) is 29.9 Å². The first-order chi connectivity index (χ1) is 13.9. The molecule has 1 atom stereocenters. The summed E-state index contributed by atoms with van der Waals surface area (Å²) in [5, 5.41) is 12.8. The van der Waals surface area contributed by atoms with E-state index in [-0.39, 0.29) is 11.9 Å². The minimum Gasteiger partial charge on any atom is -0.334 e. The Balaban J connectivity index is 1.63. The van der Waals surface area contributed by atoms with Gasteiger partial charge < -0.3 is 9.42 Å². The van der Waals surface area contributed by atoms with Crippen molar-refractivity contribution < 1.29 is 9.32 Å². The third-order valence-electron chi connectivity index (χ3n) is 5.43. The number of aryl methyl sites for hydroxylation is 2. The number of carbonyl (C=O) groups excluding carboxylic acids is 1. The minimum atomic E-state index is -0.219. The topological polar surface area (TPSA) is 94.9 Å². The highest BCUT2D eigenvalue weighted by molar-refractivity contribution is 5.92. The van der Waals surface area contributed by atoms with E-state index in [2.05, 4.69) is 34.2 Å². The molecule has 0 radical (unpaired) electrons. The molecule has 0 unspecified atom stereocenters. The molecule has 1 amide bonds. The Morgan fingerprint density at radius 2 is 2.07 bits per heavy atom. The molecular formula is C20H27N7O2. The van der Waals surface area contributed by atoms with E-state index in [1.807, 2.05) is 31.3 Å². The molecule has 0 aromatic carbocycles. The molecule has 0 aliphatic carbocycles. The average molecular weight is 397 g/mol. The van der Waals surface area contributed by atoms with E-state index >= 15 is 0 Å². The van der Waals surface area contributed by atoms with E-state index in [1.165, 1.54) is 0 Å². The van der Waals surface area contributed by atoms with Crippen LogP contribution in [0.25, 0.3) is 11.5 Å². The molecule has 1 fully saturated rings. The monoisotopic (exact) mass is 397 g/mol. The van der Waals surface area contributed by atoms with Crippen molar-refractivity contribution in [1.29, 1.82) is 0 Å². The van der Waals surface area contributed by atoms with Crippen LogP contribution in [0.4, 0.5) is 0 Å². The van der Waals surface area contributed by atoms with E-state index in [1.54, 1.807) is 15.6 Å². The van der Waals surface area contributed by atoms with Crippen molar-refractivity contribution in [3.8, 4) is 11.5 Å². The summed E-state index contributed by atoms with van der Waals surface area (Å²) in [6.45, 7) is 4.85. The second-order valence-electron chi connectivity index (χ2n) is 7.96. The van der Waals surface area contributed by atoms with Crippen LogP contribution in [-0.4, -0.2) is 47.1 Å². The lowest BCUT2D eigenvalue weighted by molar-refractivity contribution is 0.0663. The van der Waals surface area contributed by atoms with Crippen LogP contribution in [0.5, 0.6) is 0 Å². The minimum absolute atomic E-state index is 0.0767. The van der Waals surface area contributed by atoms with Crippen molar-refractivity contribution in [3.63, 3.8) is 0 Å². The van der Waals surface area contributed by atoms with Crippen LogP contribution in [0.1, 0.15) is 73.5 Å². The van der Waals surface area contributed by atoms with E-state index in [0.717, 1.165) is 36.9 Å². The predicted molar refractivity (Wildman–Crippen MR) is 106 cm³/mol. The summed E-state index contributed by atoms with van der Waals surface area (Å²) in [6.07, 6.45) is 7.38. The lowest BCUT2D eigenvalue weighted by Crippen LogP contribution is -2.35. The van der Waals surface area contributed by atoms with Crippen molar-refractivity contribution in [2.45, 2.75) is 51.5 Å². The number of likely N-dealkylation sites (tertiary alicyclic amines) is 1. The summed E-state index contributed by atoms with van der Waals surface area (Å²) in [5.74, 6) is 1.18. The van der Waals surface area contributed by atoms with Crippen LogP contribution in [0, 0.1) is 0 Å². The van der Waals surface area contributed by atoms with Crippen molar-refractivity contribution >= 4 is 5.91 Å². The Labute approximate surface area is 169 Å². The standard InChI is InChI=1S/C20H27N7O2/c1-13(2)17-10-15(23-26(17)4)20(28)27-9-7-5-6-8-16(27)18-22-19(29-24-18)14-11-21-25(3)12-14/h10-13,16H,5-9H2,1-4H3/t16-/m0/s1. The molecule has 29 heavy (non-hydrogen) atoms. The first-order valence-corrected chi connectivity index (χ1v) is 10.1. The Kier molecular flexibility index (Phi) is 5.21. The zero-order chi connectivity index (χ0) is 20.5. The van der Waals surface area contributed by atoms with Gasteiger partial charge in [-0.2, -0.15) is 15.2 Å². The normalized spacial score (nSPS) is 17.7. The third-order valence-corrected chi connectivity index (χ3v) is 5.43. The summed E-state index contributed by atoms with van der Waals surface area (Å²) >= 11 is 0. The highest BCUT2D eigenvalue weighted by Crippen LogP contribution is 2.31. The molecular weight excluding hydrogens is 370 g/mol. The molecule has 0 saturated carbocycles. The van der Waals surface area contributed by atoms with Crippen LogP contribution < -0.4 is 0 Å². The fourth-order valence-electron chi connectivity index (χ4n) is 3.91. The van der Waals surface area contributed by atoms with Gasteiger partial charge in [0, 0.05) is 32.5 Å². The van der Waals surface area contributed by atoms with Gasteiger partial charge in [0.05, 0.1) is 17.8 Å². The molecule has 0 N–H and O–H groups in total. The highest BCUT2D eigenvalue weighted by Gasteiger charge is 2.32. The van der Waals surface area contributed by atoms with Crippen molar-refractivity contribution in [3.05, 3.63) is 35.7 Å². The molecule has 3 aromatic heterocycles. The molecule has 4 rings (SSSR count). The van der Waals surface area contributed by atoms with Crippen molar-refractivity contribution in [1.82, 2.24) is 34.6 Å². The molecule has 1 saturated heterocycles. The predicted octanol–water partition coefficient (Wildman–Crippen LogP) is 3.08. The lowest BCUT2D eigenvalue weighted by Gasteiger charge is -2.27. The highest BCUT2D eigenvalue weighted by atomic mass is 16.5. The Morgan fingerprint density at radius 3 is 2.76 bits per heavy atom. The SMILES string of the molecule is CC(C)c1cc(C(=O)N2CCCCC[C@H]2c2noc(-c3cnn(C)c3)n2)nn1C. The van der Waals surface area contributed by atoms with Crippen LogP contribution in [0.3, 0.4) is 0 Å². The van der Waals surface area contributed by atoms with Crippen LogP contribution in [-0.2, 0) is 14.1 Å². The average Bonchev–Trinajstić information content (AvgIpc) is 3.38. The number of carbonyl (C=O) groups is 1. The van der Waals surface area contributed by atoms with E-state index < -0.39 is 0 Å². The molecule has 9 nitrogen and oxygen atoms in total. The second kappa shape index (κ2) is 7.81. The van der Waals surface area contributed by atoms with Crippen LogP contribution in [0.15, 0.2) is 23.0 Å². The van der Waals surface area contributed by atoms with Gasteiger partial charge >= 0.3 is 0 Å². The van der Waals surface area contributed by atoms with E-state index in [4.69, 9.17) is 4.52 Å². The Hall–Kier alpha value is -2.97. The number of amides is 1. The van der Waals surface area contributed by atoms with Gasteiger partial charge in [-0.15, -0.1) is 0 Å². The molecule has 9 heteroatoms. The second-order valence-corrected chi connectivity index (χ2v) is 7.96. The fourth-order valence-corrected chi connectivity index (χ4v) is 3.91. The quantitative estimate of drug-likeness (QED) is 0.671. The first kappa shape index (κ1) is 19.4. The molecule has 4 heterocycles. The Morgan fingerprint density at radius 1 is 1.24 bits per heavy atom. The van der Waals surface area contributed by atoms with Gasteiger partial charge in [0.15, 0.2) is 11.5 Å². The van der Waals surface area contributed by atoms with Crippen LogP contribution in [0.2, 0.25) is 0 Å². The number of nitrogens with zero attached hydrogens (tertiary/aromatic N) is 7.